The first-order valence-corrected chi connectivity index (χ1v) is 12.5. The van der Waals surface area contributed by atoms with E-state index in [4.69, 9.17) is 31.5 Å². The fourth-order valence-corrected chi connectivity index (χ4v) is 4.65. The van der Waals surface area contributed by atoms with Gasteiger partial charge in [0.15, 0.2) is 11.5 Å². The number of ether oxygens (including phenoxy) is 3. The van der Waals surface area contributed by atoms with Crippen molar-refractivity contribution in [2.45, 2.75) is 58.3 Å². The van der Waals surface area contributed by atoms with E-state index in [-0.39, 0.29) is 32.4 Å². The number of carbonyl (C=O) groups excluding carboxylic acids is 2. The van der Waals surface area contributed by atoms with Crippen LogP contribution < -0.4 is 14.2 Å². The molecule has 0 aromatic heterocycles. The number of esters is 1. The summed E-state index contributed by atoms with van der Waals surface area (Å²) >= 11 is 6.14. The molecule has 1 saturated heterocycles. The SMILES string of the molecule is CCCCCCCCCC(=O)Oc1c(OC)cc(/C=C2\SC(=S)N(CC(=O)O)C2=O)cc1OC. The Morgan fingerprint density at radius 1 is 1.06 bits per heavy atom. The van der Waals surface area contributed by atoms with Crippen molar-refractivity contribution in [1.29, 1.82) is 0 Å². The van der Waals surface area contributed by atoms with Crippen LogP contribution in [0.1, 0.15) is 63.9 Å². The molecule has 1 heterocycles. The van der Waals surface area contributed by atoms with Crippen LogP contribution in [-0.2, 0) is 14.4 Å². The average molecular weight is 510 g/mol. The van der Waals surface area contributed by atoms with Gasteiger partial charge < -0.3 is 19.3 Å². The third kappa shape index (κ3) is 8.02. The van der Waals surface area contributed by atoms with E-state index in [0.29, 0.717) is 12.0 Å². The summed E-state index contributed by atoms with van der Waals surface area (Å²) in [5, 5.41) is 8.98. The lowest BCUT2D eigenvalue weighted by molar-refractivity contribution is -0.140. The number of thiocarbonyl (C=S) groups is 1. The van der Waals surface area contributed by atoms with Gasteiger partial charge in [-0.05, 0) is 30.2 Å². The van der Waals surface area contributed by atoms with Crippen molar-refractivity contribution in [1.82, 2.24) is 4.90 Å². The molecule has 0 radical (unpaired) electrons. The fourth-order valence-electron chi connectivity index (χ4n) is 3.40. The van der Waals surface area contributed by atoms with Gasteiger partial charge in [-0.15, -0.1) is 0 Å². The van der Waals surface area contributed by atoms with Crippen LogP contribution in [0, 0.1) is 0 Å². The Hall–Kier alpha value is -2.59. The Balaban J connectivity index is 2.09. The van der Waals surface area contributed by atoms with Crippen molar-refractivity contribution in [3.8, 4) is 17.2 Å². The molecule has 0 atom stereocenters. The zero-order valence-electron chi connectivity index (χ0n) is 19.8. The smallest absolute Gasteiger partial charge is 0.323 e. The van der Waals surface area contributed by atoms with Crippen molar-refractivity contribution in [3.05, 3.63) is 22.6 Å². The minimum Gasteiger partial charge on any atom is -0.493 e. The third-order valence-corrected chi connectivity index (χ3v) is 6.53. The topological polar surface area (TPSA) is 102 Å². The van der Waals surface area contributed by atoms with Gasteiger partial charge in [-0.1, -0.05) is 69.4 Å². The van der Waals surface area contributed by atoms with Gasteiger partial charge in [0.05, 0.1) is 19.1 Å². The minimum absolute atomic E-state index is 0.175. The van der Waals surface area contributed by atoms with Crippen LogP contribution in [0.3, 0.4) is 0 Å². The summed E-state index contributed by atoms with van der Waals surface area (Å²) in [5.41, 5.74) is 0.552. The second-order valence-electron chi connectivity index (χ2n) is 7.76. The minimum atomic E-state index is -1.15. The van der Waals surface area contributed by atoms with Gasteiger partial charge >= 0.3 is 11.9 Å². The highest BCUT2D eigenvalue weighted by atomic mass is 32.2. The number of unbranched alkanes of at least 4 members (excludes halogenated alkanes) is 6. The van der Waals surface area contributed by atoms with E-state index in [1.807, 2.05) is 0 Å². The first kappa shape index (κ1) is 27.7. The third-order valence-electron chi connectivity index (χ3n) is 5.15. The summed E-state index contributed by atoms with van der Waals surface area (Å²) in [6, 6.07) is 3.23. The summed E-state index contributed by atoms with van der Waals surface area (Å²) in [7, 11) is 2.89. The maximum absolute atomic E-state index is 12.5. The van der Waals surface area contributed by atoms with E-state index in [1.165, 1.54) is 39.9 Å². The van der Waals surface area contributed by atoms with E-state index in [2.05, 4.69) is 6.92 Å². The van der Waals surface area contributed by atoms with E-state index >= 15 is 0 Å². The Morgan fingerprint density at radius 3 is 2.21 bits per heavy atom. The first-order valence-electron chi connectivity index (χ1n) is 11.2. The maximum Gasteiger partial charge on any atom is 0.323 e. The largest absolute Gasteiger partial charge is 0.493 e. The van der Waals surface area contributed by atoms with Crippen LogP contribution >= 0.6 is 24.0 Å². The Morgan fingerprint density at radius 2 is 1.65 bits per heavy atom. The molecule has 1 aliphatic rings. The van der Waals surface area contributed by atoms with Gasteiger partial charge in [0.1, 0.15) is 10.9 Å². The molecule has 8 nitrogen and oxygen atoms in total. The highest BCUT2D eigenvalue weighted by Crippen LogP contribution is 2.41. The molecule has 1 fully saturated rings. The van der Waals surface area contributed by atoms with Crippen molar-refractivity contribution in [3.63, 3.8) is 0 Å². The number of methoxy groups -OCH3 is 2. The standard InChI is InChI=1S/C24H31NO7S2/c1-4-5-6-7-8-9-10-11-21(28)32-22-17(30-2)12-16(13-18(22)31-3)14-19-23(29)25(15-20(26)27)24(33)34-19/h12-14H,4-11,15H2,1-3H3,(H,26,27)/b19-14-. The van der Waals surface area contributed by atoms with Gasteiger partial charge in [0, 0.05) is 6.42 Å². The highest BCUT2D eigenvalue weighted by molar-refractivity contribution is 8.26. The number of rotatable bonds is 14. The van der Waals surface area contributed by atoms with Crippen LogP contribution in [0.15, 0.2) is 17.0 Å². The highest BCUT2D eigenvalue weighted by Gasteiger charge is 2.33. The number of aliphatic carboxylic acids is 1. The molecule has 1 aliphatic heterocycles. The number of carboxylic acid groups (broad SMARTS) is 1. The van der Waals surface area contributed by atoms with Crippen molar-refractivity contribution >= 4 is 52.2 Å². The number of amides is 1. The zero-order chi connectivity index (χ0) is 25.1. The molecular formula is C24H31NO7S2. The molecule has 1 N–H and O–H groups in total. The number of benzene rings is 1. The second-order valence-corrected chi connectivity index (χ2v) is 9.44. The number of hydrogen-bond donors (Lipinski definition) is 1. The lowest BCUT2D eigenvalue weighted by Gasteiger charge is -2.14. The Bertz CT molecular complexity index is 920. The van der Waals surface area contributed by atoms with Gasteiger partial charge in [0.2, 0.25) is 5.75 Å². The number of thioether (sulfide) groups is 1. The molecule has 1 amide bonds. The lowest BCUT2D eigenvalue weighted by atomic mass is 10.1. The molecule has 10 heteroatoms. The summed E-state index contributed by atoms with van der Waals surface area (Å²) < 4.78 is 16.5. The summed E-state index contributed by atoms with van der Waals surface area (Å²) in [6.07, 6.45) is 9.56. The molecule has 1 aromatic carbocycles. The van der Waals surface area contributed by atoms with Crippen LogP contribution in [0.25, 0.3) is 6.08 Å². The van der Waals surface area contributed by atoms with Crippen molar-refractivity contribution in [2.75, 3.05) is 20.8 Å². The van der Waals surface area contributed by atoms with Crippen LogP contribution in [0.4, 0.5) is 0 Å². The first-order chi connectivity index (χ1) is 16.3. The summed E-state index contributed by atoms with van der Waals surface area (Å²) in [6.45, 7) is 1.68. The van der Waals surface area contributed by atoms with E-state index in [1.54, 1.807) is 18.2 Å². The van der Waals surface area contributed by atoms with Gasteiger partial charge in [-0.3, -0.25) is 19.3 Å². The molecule has 2 rings (SSSR count). The molecule has 0 saturated carbocycles. The number of hydrogen-bond acceptors (Lipinski definition) is 8. The van der Waals surface area contributed by atoms with E-state index in [9.17, 15) is 14.4 Å². The fraction of sp³-hybridized carbons (Fsp3) is 0.500. The molecule has 186 valence electrons. The molecule has 1 aromatic rings. The number of carboxylic acids is 1. The maximum atomic E-state index is 12.5. The van der Waals surface area contributed by atoms with E-state index < -0.39 is 18.4 Å². The van der Waals surface area contributed by atoms with Crippen LogP contribution in [-0.4, -0.2) is 52.9 Å². The average Bonchev–Trinajstić information content (AvgIpc) is 3.05. The summed E-state index contributed by atoms with van der Waals surface area (Å²) in [5.74, 6) is -1.27. The molecule has 0 unspecified atom stereocenters. The molecule has 0 aliphatic carbocycles. The zero-order valence-corrected chi connectivity index (χ0v) is 21.4. The van der Waals surface area contributed by atoms with Crippen LogP contribution in [0.5, 0.6) is 17.2 Å². The lowest BCUT2D eigenvalue weighted by Crippen LogP contribution is -2.33. The van der Waals surface area contributed by atoms with Crippen LogP contribution in [0.2, 0.25) is 0 Å². The quantitative estimate of drug-likeness (QED) is 0.121. The monoisotopic (exact) mass is 509 g/mol. The number of carbonyl (C=O) groups is 3. The summed E-state index contributed by atoms with van der Waals surface area (Å²) in [4.78, 5) is 37.2. The van der Waals surface area contributed by atoms with Gasteiger partial charge in [0.25, 0.3) is 5.91 Å². The van der Waals surface area contributed by atoms with Crippen molar-refractivity contribution in [2.24, 2.45) is 0 Å². The Labute approximate surface area is 209 Å². The molecule has 0 spiro atoms. The van der Waals surface area contributed by atoms with Gasteiger partial charge in [-0.2, -0.15) is 0 Å². The molecule has 0 bridgehead atoms. The molecule has 34 heavy (non-hydrogen) atoms. The number of nitrogens with zero attached hydrogens (tertiary/aromatic N) is 1. The normalized spacial score (nSPS) is 14.6. The predicted octanol–water partition coefficient (Wildman–Crippen LogP) is 5.04. The molecular weight excluding hydrogens is 478 g/mol. The predicted molar refractivity (Wildman–Crippen MR) is 135 cm³/mol. The van der Waals surface area contributed by atoms with Gasteiger partial charge in [-0.25, -0.2) is 0 Å². The Kier molecular flexibility index (Phi) is 11.4. The van der Waals surface area contributed by atoms with E-state index in [0.717, 1.165) is 35.9 Å². The second kappa shape index (κ2) is 14.0. The van der Waals surface area contributed by atoms with Crippen molar-refractivity contribution < 1.29 is 33.7 Å².